The Hall–Kier alpha value is -2.41. The molecule has 2 rings (SSSR count). The van der Waals surface area contributed by atoms with Crippen molar-refractivity contribution in [3.05, 3.63) is 28.5 Å². The van der Waals surface area contributed by atoms with Crippen molar-refractivity contribution in [1.29, 1.82) is 0 Å². The van der Waals surface area contributed by atoms with E-state index in [1.165, 1.54) is 11.0 Å². The number of hydrogen-bond donors (Lipinski definition) is 3. The second kappa shape index (κ2) is 5.66. The monoisotopic (exact) mass is 340 g/mol. The average molecular weight is 341 g/mol. The molecule has 0 radical (unpaired) electrons. The van der Waals surface area contributed by atoms with Crippen LogP contribution in [0.4, 0.5) is 4.79 Å². The molecule has 7 nitrogen and oxygen atoms in total. The maximum Gasteiger partial charge on any atom is 0.408 e. The fourth-order valence-corrected chi connectivity index (χ4v) is 2.46. The molecule has 0 spiro atoms. The Kier molecular flexibility index (Phi) is 4.17. The maximum atomic E-state index is 11.5. The van der Waals surface area contributed by atoms with E-state index in [4.69, 9.17) is 21.8 Å². The van der Waals surface area contributed by atoms with Gasteiger partial charge < -0.3 is 20.4 Å². The number of phenols is 1. The smallest absolute Gasteiger partial charge is 0.408 e. The van der Waals surface area contributed by atoms with E-state index in [0.717, 1.165) is 0 Å². The van der Waals surface area contributed by atoms with Gasteiger partial charge in [-0.15, -0.1) is 0 Å². The molecule has 0 bridgehead atoms. The predicted octanol–water partition coefficient (Wildman–Crippen LogP) is 3.17. The lowest BCUT2D eigenvalue weighted by Gasteiger charge is -2.32. The number of primary amides is 1. The van der Waals surface area contributed by atoms with Crippen LogP contribution >= 0.6 is 11.6 Å². The minimum Gasteiger partial charge on any atom is -0.505 e. The van der Waals surface area contributed by atoms with Crippen LogP contribution in [0.2, 0.25) is 5.02 Å². The number of nitrogens with zero attached hydrogens (tertiary/aromatic N) is 1. The second-order valence-corrected chi connectivity index (χ2v) is 6.52. The number of halogens is 1. The van der Waals surface area contributed by atoms with Crippen molar-refractivity contribution in [2.24, 2.45) is 5.73 Å². The van der Waals surface area contributed by atoms with Crippen molar-refractivity contribution in [3.8, 4) is 5.75 Å². The third-order valence-electron chi connectivity index (χ3n) is 3.39. The number of carboxylic acid groups (broad SMARTS) is 1. The molecule has 0 aliphatic heterocycles. The van der Waals surface area contributed by atoms with E-state index >= 15 is 0 Å². The molecule has 0 atom stereocenters. The lowest BCUT2D eigenvalue weighted by molar-refractivity contribution is 0.0907. The molecule has 2 aromatic rings. The first kappa shape index (κ1) is 17.0. The van der Waals surface area contributed by atoms with Gasteiger partial charge in [0.05, 0.1) is 11.6 Å². The highest BCUT2D eigenvalue weighted by Gasteiger charge is 2.28. The summed E-state index contributed by atoms with van der Waals surface area (Å²) in [5.41, 5.74) is 4.47. The molecule has 1 heterocycles. The number of carbonyl (C=O) groups excluding carboxylic acids is 1. The van der Waals surface area contributed by atoms with Gasteiger partial charge in [-0.3, -0.25) is 9.69 Å². The molecule has 0 aliphatic carbocycles. The summed E-state index contributed by atoms with van der Waals surface area (Å²) in [6.45, 7) is 5.23. The van der Waals surface area contributed by atoms with E-state index in [0.29, 0.717) is 11.1 Å². The van der Waals surface area contributed by atoms with Crippen LogP contribution in [0.25, 0.3) is 11.0 Å². The van der Waals surface area contributed by atoms with Gasteiger partial charge in [-0.2, -0.15) is 0 Å². The Labute approximate surface area is 137 Å². The first-order valence-electron chi connectivity index (χ1n) is 6.76. The third-order valence-corrected chi connectivity index (χ3v) is 3.67. The van der Waals surface area contributed by atoms with Crippen LogP contribution in [0.1, 0.15) is 36.9 Å². The van der Waals surface area contributed by atoms with Crippen LogP contribution in [-0.2, 0) is 6.54 Å². The van der Waals surface area contributed by atoms with Gasteiger partial charge in [-0.05, 0) is 32.9 Å². The van der Waals surface area contributed by atoms with Crippen molar-refractivity contribution >= 4 is 34.6 Å². The molecular formula is C15H17ClN2O5. The molecule has 0 fully saturated rings. The molecule has 0 saturated carbocycles. The molecule has 0 unspecified atom stereocenters. The highest BCUT2D eigenvalue weighted by molar-refractivity contribution is 6.34. The summed E-state index contributed by atoms with van der Waals surface area (Å²) in [6, 6.07) is 2.99. The zero-order chi connectivity index (χ0) is 17.5. The van der Waals surface area contributed by atoms with Gasteiger partial charge >= 0.3 is 6.09 Å². The molecule has 124 valence electrons. The fourth-order valence-electron chi connectivity index (χ4n) is 2.25. The van der Waals surface area contributed by atoms with E-state index in [2.05, 4.69) is 0 Å². The van der Waals surface area contributed by atoms with Crippen molar-refractivity contribution in [2.75, 3.05) is 0 Å². The predicted molar refractivity (Wildman–Crippen MR) is 84.7 cm³/mol. The molecule has 23 heavy (non-hydrogen) atoms. The van der Waals surface area contributed by atoms with Gasteiger partial charge in [0.1, 0.15) is 11.3 Å². The minimum absolute atomic E-state index is 0.0237. The molecule has 4 N–H and O–H groups in total. The van der Waals surface area contributed by atoms with Crippen LogP contribution in [-0.4, -0.2) is 32.7 Å². The van der Waals surface area contributed by atoms with Gasteiger partial charge in [-0.25, -0.2) is 4.79 Å². The summed E-state index contributed by atoms with van der Waals surface area (Å²) in [4.78, 5) is 24.1. The second-order valence-electron chi connectivity index (χ2n) is 6.12. The fraction of sp³-hybridized carbons (Fsp3) is 0.333. The van der Waals surface area contributed by atoms with E-state index in [1.807, 2.05) is 0 Å². The van der Waals surface area contributed by atoms with Gasteiger partial charge in [-0.1, -0.05) is 11.6 Å². The Balaban J connectivity index is 2.55. The standard InChI is InChI=1S/C15H17ClN2O5/c1-15(2,3)18(14(21)22)6-8-4-7-5-9(16)11(19)10(13(17)20)12(7)23-8/h4-5,19H,6H2,1-3H3,(H2,17,20)(H,21,22). The van der Waals surface area contributed by atoms with Crippen molar-refractivity contribution in [2.45, 2.75) is 32.9 Å². The lowest BCUT2D eigenvalue weighted by Crippen LogP contribution is -2.44. The average Bonchev–Trinajstić information content (AvgIpc) is 2.76. The first-order chi connectivity index (χ1) is 10.5. The largest absolute Gasteiger partial charge is 0.505 e. The lowest BCUT2D eigenvalue weighted by atomic mass is 10.1. The molecule has 8 heteroatoms. The summed E-state index contributed by atoms with van der Waals surface area (Å²) >= 11 is 5.87. The van der Waals surface area contributed by atoms with Gasteiger partial charge in [0.25, 0.3) is 5.91 Å². The Morgan fingerprint density at radius 1 is 1.35 bits per heavy atom. The quantitative estimate of drug-likeness (QED) is 0.793. The summed E-state index contributed by atoms with van der Waals surface area (Å²) in [7, 11) is 0. The van der Waals surface area contributed by atoms with Crippen LogP contribution in [0, 0.1) is 0 Å². The summed E-state index contributed by atoms with van der Waals surface area (Å²) in [6.07, 6.45) is -1.10. The van der Waals surface area contributed by atoms with Gasteiger partial charge in [0.2, 0.25) is 0 Å². The number of fused-ring (bicyclic) bond motifs is 1. The number of hydrogen-bond acceptors (Lipinski definition) is 4. The van der Waals surface area contributed by atoms with E-state index in [1.54, 1.807) is 26.8 Å². The number of amides is 2. The highest BCUT2D eigenvalue weighted by Crippen LogP contribution is 2.36. The third kappa shape index (κ3) is 3.19. The minimum atomic E-state index is -1.10. The number of aromatic hydroxyl groups is 1. The first-order valence-corrected chi connectivity index (χ1v) is 7.14. The van der Waals surface area contributed by atoms with E-state index in [9.17, 15) is 19.8 Å². The zero-order valence-electron chi connectivity index (χ0n) is 12.9. The molecular weight excluding hydrogens is 324 g/mol. The highest BCUT2D eigenvalue weighted by atomic mass is 35.5. The molecule has 1 aromatic carbocycles. The molecule has 2 amide bonds. The van der Waals surface area contributed by atoms with Gasteiger partial charge in [0, 0.05) is 10.9 Å². The van der Waals surface area contributed by atoms with E-state index in [-0.39, 0.29) is 22.7 Å². The Morgan fingerprint density at radius 3 is 2.43 bits per heavy atom. The van der Waals surface area contributed by atoms with Crippen LogP contribution in [0.15, 0.2) is 16.5 Å². The van der Waals surface area contributed by atoms with Crippen LogP contribution in [0.5, 0.6) is 5.75 Å². The number of carbonyl (C=O) groups is 2. The molecule has 0 saturated heterocycles. The zero-order valence-corrected chi connectivity index (χ0v) is 13.6. The Morgan fingerprint density at radius 2 is 1.96 bits per heavy atom. The van der Waals surface area contributed by atoms with Crippen molar-refractivity contribution in [1.82, 2.24) is 4.90 Å². The Bertz CT molecular complexity index is 791. The number of rotatable bonds is 3. The summed E-state index contributed by atoms with van der Waals surface area (Å²) < 4.78 is 5.55. The normalized spacial score (nSPS) is 11.7. The molecule has 1 aromatic heterocycles. The van der Waals surface area contributed by atoms with Crippen molar-refractivity contribution < 1.29 is 24.2 Å². The molecule has 0 aliphatic rings. The topological polar surface area (TPSA) is 117 Å². The number of benzene rings is 1. The van der Waals surface area contributed by atoms with Gasteiger partial charge in [0.15, 0.2) is 11.3 Å². The van der Waals surface area contributed by atoms with Crippen LogP contribution < -0.4 is 5.73 Å². The number of furan rings is 1. The van der Waals surface area contributed by atoms with Crippen molar-refractivity contribution in [3.63, 3.8) is 0 Å². The maximum absolute atomic E-state index is 11.5. The number of nitrogens with two attached hydrogens (primary N) is 1. The summed E-state index contributed by atoms with van der Waals surface area (Å²) in [5, 5.41) is 19.6. The van der Waals surface area contributed by atoms with Crippen LogP contribution in [0.3, 0.4) is 0 Å². The summed E-state index contributed by atoms with van der Waals surface area (Å²) in [5.74, 6) is -1.04. The van der Waals surface area contributed by atoms with E-state index < -0.39 is 23.3 Å². The SMILES string of the molecule is CC(C)(C)N(Cc1cc2cc(Cl)c(O)c(C(N)=O)c2o1)C(=O)O.